The van der Waals surface area contributed by atoms with Gasteiger partial charge in [0.05, 0.1) is 0 Å². The van der Waals surface area contributed by atoms with Crippen LogP contribution < -0.4 is 5.32 Å². The largest absolute Gasteiger partial charge is 0.479 e. The van der Waals surface area contributed by atoms with Crippen molar-refractivity contribution in [1.29, 1.82) is 0 Å². The van der Waals surface area contributed by atoms with E-state index in [1.54, 1.807) is 4.90 Å². The third kappa shape index (κ3) is 3.62. The fourth-order valence-corrected chi connectivity index (χ4v) is 3.36. The molecule has 1 saturated heterocycles. The zero-order valence-electron chi connectivity index (χ0n) is 11.8. The summed E-state index contributed by atoms with van der Waals surface area (Å²) in [4.78, 5) is 24.2. The Hall–Kier alpha value is -1.30. The molecule has 114 valence electrons. The maximum atomic E-state index is 11.9. The lowest BCUT2D eigenvalue weighted by Gasteiger charge is -2.39. The number of carbonyl (C=O) groups is 2. The van der Waals surface area contributed by atoms with Crippen molar-refractivity contribution >= 4 is 12.0 Å². The molecule has 1 unspecified atom stereocenters. The predicted octanol–water partition coefficient (Wildman–Crippen LogP) is 1.19. The standard InChI is InChI=1S/C14H24N2O4/c17-11(12(18)19)3-8-15-13(20)16-9-6-14(7-10-16)4-1-2-5-14/h11,17H,1-10H2,(H,15,20)(H,18,19). The van der Waals surface area contributed by atoms with Crippen molar-refractivity contribution in [2.45, 2.75) is 51.0 Å². The van der Waals surface area contributed by atoms with E-state index in [1.807, 2.05) is 0 Å². The van der Waals surface area contributed by atoms with Crippen LogP contribution in [0.15, 0.2) is 0 Å². The molecule has 1 aliphatic heterocycles. The van der Waals surface area contributed by atoms with Crippen LogP contribution >= 0.6 is 0 Å². The van der Waals surface area contributed by atoms with E-state index in [0.717, 1.165) is 25.9 Å². The van der Waals surface area contributed by atoms with Crippen LogP contribution in [0.2, 0.25) is 0 Å². The Morgan fingerprint density at radius 2 is 1.75 bits per heavy atom. The topological polar surface area (TPSA) is 89.9 Å². The van der Waals surface area contributed by atoms with Gasteiger partial charge < -0.3 is 20.4 Å². The summed E-state index contributed by atoms with van der Waals surface area (Å²) in [5.74, 6) is -1.25. The van der Waals surface area contributed by atoms with Crippen LogP contribution in [0.4, 0.5) is 4.79 Å². The summed E-state index contributed by atoms with van der Waals surface area (Å²) >= 11 is 0. The van der Waals surface area contributed by atoms with Crippen molar-refractivity contribution in [1.82, 2.24) is 10.2 Å². The predicted molar refractivity (Wildman–Crippen MR) is 73.4 cm³/mol. The maximum absolute atomic E-state index is 11.9. The van der Waals surface area contributed by atoms with Crippen LogP contribution in [0, 0.1) is 5.41 Å². The van der Waals surface area contributed by atoms with Gasteiger partial charge in [0.25, 0.3) is 0 Å². The summed E-state index contributed by atoms with van der Waals surface area (Å²) in [5.41, 5.74) is 0.482. The van der Waals surface area contributed by atoms with E-state index < -0.39 is 12.1 Å². The monoisotopic (exact) mass is 284 g/mol. The second-order valence-electron chi connectivity index (χ2n) is 6.07. The number of aliphatic hydroxyl groups excluding tert-OH is 1. The van der Waals surface area contributed by atoms with Gasteiger partial charge in [0.1, 0.15) is 0 Å². The molecule has 0 radical (unpaired) electrons. The maximum Gasteiger partial charge on any atom is 0.332 e. The van der Waals surface area contributed by atoms with Crippen LogP contribution in [0.1, 0.15) is 44.9 Å². The minimum atomic E-state index is -1.40. The second kappa shape index (κ2) is 6.43. The van der Waals surface area contributed by atoms with Gasteiger partial charge in [-0.15, -0.1) is 0 Å². The molecule has 1 heterocycles. The van der Waals surface area contributed by atoms with Crippen LogP contribution in [0.25, 0.3) is 0 Å². The lowest BCUT2D eigenvalue weighted by Crippen LogP contribution is -2.47. The number of hydrogen-bond acceptors (Lipinski definition) is 3. The zero-order valence-corrected chi connectivity index (χ0v) is 11.8. The van der Waals surface area contributed by atoms with Crippen LogP contribution in [0.3, 0.4) is 0 Å². The number of amides is 2. The van der Waals surface area contributed by atoms with Gasteiger partial charge >= 0.3 is 12.0 Å². The number of aliphatic carboxylic acids is 1. The van der Waals surface area contributed by atoms with Gasteiger partial charge in [0.2, 0.25) is 0 Å². The smallest absolute Gasteiger partial charge is 0.332 e. The minimum absolute atomic E-state index is 0.0405. The van der Waals surface area contributed by atoms with Crippen molar-refractivity contribution in [3.05, 3.63) is 0 Å². The van der Waals surface area contributed by atoms with Crippen LogP contribution in [-0.2, 0) is 4.79 Å². The van der Waals surface area contributed by atoms with E-state index in [1.165, 1.54) is 25.7 Å². The molecular formula is C14H24N2O4. The second-order valence-corrected chi connectivity index (χ2v) is 6.07. The third-order valence-electron chi connectivity index (χ3n) is 4.75. The summed E-state index contributed by atoms with van der Waals surface area (Å²) in [5, 5.41) is 20.3. The number of likely N-dealkylation sites (tertiary alicyclic amines) is 1. The van der Waals surface area contributed by atoms with E-state index in [0.29, 0.717) is 5.41 Å². The normalized spacial score (nSPS) is 22.8. The number of hydrogen-bond donors (Lipinski definition) is 3. The van der Waals surface area contributed by atoms with Crippen molar-refractivity contribution in [3.8, 4) is 0 Å². The molecule has 2 fully saturated rings. The molecule has 0 aromatic rings. The first kappa shape index (κ1) is 15.1. The summed E-state index contributed by atoms with van der Waals surface area (Å²) in [6.45, 7) is 1.76. The molecule has 2 rings (SSSR count). The number of urea groups is 1. The van der Waals surface area contributed by atoms with Gasteiger partial charge in [-0.2, -0.15) is 0 Å². The Morgan fingerprint density at radius 3 is 2.30 bits per heavy atom. The number of nitrogens with one attached hydrogen (secondary N) is 1. The van der Waals surface area contributed by atoms with Crippen molar-refractivity contribution in [3.63, 3.8) is 0 Å². The van der Waals surface area contributed by atoms with Gasteiger partial charge in [-0.1, -0.05) is 12.8 Å². The number of nitrogens with zero attached hydrogens (tertiary/aromatic N) is 1. The Bertz CT molecular complexity index is 356. The summed E-state index contributed by atoms with van der Waals surface area (Å²) in [6, 6.07) is -0.143. The molecule has 0 aromatic heterocycles. The molecule has 20 heavy (non-hydrogen) atoms. The Labute approximate surface area is 119 Å². The van der Waals surface area contributed by atoms with Gasteiger partial charge in [-0.3, -0.25) is 0 Å². The number of carboxylic acid groups (broad SMARTS) is 1. The number of carbonyl (C=O) groups excluding carboxylic acids is 1. The van der Waals surface area contributed by atoms with Crippen molar-refractivity contribution in [2.24, 2.45) is 5.41 Å². The highest BCUT2D eigenvalue weighted by Crippen LogP contribution is 2.45. The Kier molecular flexibility index (Phi) is 4.86. The zero-order chi connectivity index (χ0) is 14.6. The van der Waals surface area contributed by atoms with Gasteiger partial charge in [0, 0.05) is 26.1 Å². The molecular weight excluding hydrogens is 260 g/mol. The highest BCUT2D eigenvalue weighted by atomic mass is 16.4. The van der Waals surface area contributed by atoms with E-state index in [4.69, 9.17) is 10.2 Å². The molecule has 2 amide bonds. The lowest BCUT2D eigenvalue weighted by molar-refractivity contribution is -0.146. The number of carboxylic acids is 1. The third-order valence-corrected chi connectivity index (χ3v) is 4.75. The minimum Gasteiger partial charge on any atom is -0.479 e. The van der Waals surface area contributed by atoms with Gasteiger partial charge in [0.15, 0.2) is 6.10 Å². The summed E-state index contributed by atoms with van der Waals surface area (Å²) in [7, 11) is 0. The molecule has 0 aromatic carbocycles. The fourth-order valence-electron chi connectivity index (χ4n) is 3.36. The first-order chi connectivity index (χ1) is 9.52. The Balaban J connectivity index is 1.68. The summed E-state index contributed by atoms with van der Waals surface area (Å²) in [6.07, 6.45) is 6.03. The van der Waals surface area contributed by atoms with E-state index in [2.05, 4.69) is 5.32 Å². The van der Waals surface area contributed by atoms with E-state index in [9.17, 15) is 9.59 Å². The molecule has 2 aliphatic rings. The summed E-state index contributed by atoms with van der Waals surface area (Å²) < 4.78 is 0. The average Bonchev–Trinajstić information content (AvgIpc) is 2.87. The Morgan fingerprint density at radius 1 is 1.15 bits per heavy atom. The molecule has 1 saturated carbocycles. The highest BCUT2D eigenvalue weighted by Gasteiger charge is 2.37. The molecule has 6 heteroatoms. The number of piperidine rings is 1. The number of aliphatic hydroxyl groups is 1. The molecule has 0 bridgehead atoms. The van der Waals surface area contributed by atoms with Crippen LogP contribution in [0.5, 0.6) is 0 Å². The van der Waals surface area contributed by atoms with E-state index in [-0.39, 0.29) is 19.0 Å². The number of rotatable bonds is 4. The van der Waals surface area contributed by atoms with Gasteiger partial charge in [-0.05, 0) is 31.1 Å². The first-order valence-corrected chi connectivity index (χ1v) is 7.46. The quantitative estimate of drug-likeness (QED) is 0.723. The van der Waals surface area contributed by atoms with Crippen molar-refractivity contribution < 1.29 is 19.8 Å². The molecule has 1 atom stereocenters. The van der Waals surface area contributed by atoms with Crippen molar-refractivity contribution in [2.75, 3.05) is 19.6 Å². The molecule has 6 nitrogen and oxygen atoms in total. The molecule has 1 spiro atoms. The SMILES string of the molecule is O=C(O)C(O)CCNC(=O)N1CCC2(CCCC2)CC1. The average molecular weight is 284 g/mol. The van der Waals surface area contributed by atoms with Crippen LogP contribution in [-0.4, -0.2) is 52.9 Å². The van der Waals surface area contributed by atoms with Gasteiger partial charge in [-0.25, -0.2) is 9.59 Å². The highest BCUT2D eigenvalue weighted by molar-refractivity contribution is 5.74. The molecule has 3 N–H and O–H groups in total. The molecule has 1 aliphatic carbocycles. The fraction of sp³-hybridized carbons (Fsp3) is 0.857. The lowest BCUT2D eigenvalue weighted by atomic mass is 9.77. The van der Waals surface area contributed by atoms with E-state index >= 15 is 0 Å². The first-order valence-electron chi connectivity index (χ1n) is 7.46.